The van der Waals surface area contributed by atoms with E-state index in [0.717, 1.165) is 56.7 Å². The van der Waals surface area contributed by atoms with Gasteiger partial charge in [-0.25, -0.2) is 9.98 Å². The lowest BCUT2D eigenvalue weighted by Gasteiger charge is -2.21. The molecule has 0 bridgehead atoms. The molecule has 1 aliphatic heterocycles. The fourth-order valence-corrected chi connectivity index (χ4v) is 3.26. The number of pyridine rings is 1. The second-order valence-electron chi connectivity index (χ2n) is 7.60. The SMILES string of the molecule is CCNC(=NCc1ccnc(OCC2CC2)c1)N1CCC(COCCOC)C1. The van der Waals surface area contributed by atoms with Crippen LogP contribution in [0.5, 0.6) is 5.88 Å². The summed E-state index contributed by atoms with van der Waals surface area (Å²) in [4.78, 5) is 11.5. The maximum absolute atomic E-state index is 5.79. The summed E-state index contributed by atoms with van der Waals surface area (Å²) in [6.45, 7) is 8.45. The molecule has 1 unspecified atom stereocenters. The molecule has 0 radical (unpaired) electrons. The number of hydrogen-bond acceptors (Lipinski definition) is 5. The topological polar surface area (TPSA) is 68.2 Å². The molecule has 1 aromatic heterocycles. The van der Waals surface area contributed by atoms with Crippen LogP contribution in [-0.4, -0.2) is 69.0 Å². The van der Waals surface area contributed by atoms with Crippen molar-refractivity contribution in [1.29, 1.82) is 0 Å². The highest BCUT2D eigenvalue weighted by Crippen LogP contribution is 2.29. The molecule has 0 amide bonds. The number of guanidine groups is 1. The van der Waals surface area contributed by atoms with E-state index in [4.69, 9.17) is 19.2 Å². The van der Waals surface area contributed by atoms with Crippen LogP contribution in [0.4, 0.5) is 0 Å². The van der Waals surface area contributed by atoms with Crippen molar-refractivity contribution >= 4 is 5.96 Å². The summed E-state index contributed by atoms with van der Waals surface area (Å²) in [6.07, 6.45) is 5.50. The van der Waals surface area contributed by atoms with Gasteiger partial charge in [-0.15, -0.1) is 0 Å². The number of likely N-dealkylation sites (tertiary alicyclic amines) is 1. The minimum Gasteiger partial charge on any atom is -0.477 e. The summed E-state index contributed by atoms with van der Waals surface area (Å²) in [5, 5.41) is 3.42. The molecule has 1 aliphatic carbocycles. The van der Waals surface area contributed by atoms with Gasteiger partial charge < -0.3 is 24.4 Å². The van der Waals surface area contributed by atoms with Crippen molar-refractivity contribution in [2.24, 2.45) is 16.8 Å². The molecule has 1 saturated carbocycles. The minimum absolute atomic E-state index is 0.545. The van der Waals surface area contributed by atoms with Gasteiger partial charge in [-0.05, 0) is 43.7 Å². The van der Waals surface area contributed by atoms with Crippen molar-refractivity contribution in [2.75, 3.05) is 53.2 Å². The highest BCUT2D eigenvalue weighted by molar-refractivity contribution is 5.80. The first-order valence-electron chi connectivity index (χ1n) is 10.5. The van der Waals surface area contributed by atoms with Crippen LogP contribution in [0.3, 0.4) is 0 Å². The lowest BCUT2D eigenvalue weighted by molar-refractivity contribution is 0.0536. The summed E-state index contributed by atoms with van der Waals surface area (Å²) in [7, 11) is 1.70. The number of aliphatic imine (C=N–C) groups is 1. The van der Waals surface area contributed by atoms with Gasteiger partial charge in [-0.3, -0.25) is 0 Å². The maximum Gasteiger partial charge on any atom is 0.213 e. The molecule has 1 atom stereocenters. The molecule has 28 heavy (non-hydrogen) atoms. The first-order valence-corrected chi connectivity index (χ1v) is 10.5. The highest BCUT2D eigenvalue weighted by Gasteiger charge is 2.25. The van der Waals surface area contributed by atoms with E-state index in [1.54, 1.807) is 7.11 Å². The summed E-state index contributed by atoms with van der Waals surface area (Å²) in [6, 6.07) is 4.01. The van der Waals surface area contributed by atoms with Crippen LogP contribution in [0, 0.1) is 11.8 Å². The number of hydrogen-bond donors (Lipinski definition) is 1. The zero-order chi connectivity index (χ0) is 19.6. The molecular formula is C21H34N4O3. The Morgan fingerprint density at radius 2 is 2.14 bits per heavy atom. The van der Waals surface area contributed by atoms with Gasteiger partial charge in [0.1, 0.15) is 0 Å². The van der Waals surface area contributed by atoms with E-state index in [-0.39, 0.29) is 0 Å². The molecule has 2 aliphatic rings. The van der Waals surface area contributed by atoms with Gasteiger partial charge in [0.2, 0.25) is 5.88 Å². The lowest BCUT2D eigenvalue weighted by Crippen LogP contribution is -2.40. The normalized spacial score (nSPS) is 19.9. The standard InChI is InChI=1S/C21H34N4O3/c1-3-22-21(25-9-7-19(14-25)15-27-11-10-26-2)24-13-18-6-8-23-20(12-18)28-16-17-4-5-17/h6,8,12,17,19H,3-5,7,9-11,13-16H2,1-2H3,(H,22,24). The molecule has 1 aromatic rings. The van der Waals surface area contributed by atoms with E-state index in [0.29, 0.717) is 31.6 Å². The molecule has 0 spiro atoms. The van der Waals surface area contributed by atoms with Crippen LogP contribution >= 0.6 is 0 Å². The second-order valence-corrected chi connectivity index (χ2v) is 7.60. The Morgan fingerprint density at radius 1 is 1.25 bits per heavy atom. The van der Waals surface area contributed by atoms with E-state index in [1.165, 1.54) is 12.8 Å². The molecule has 156 valence electrons. The highest BCUT2D eigenvalue weighted by atomic mass is 16.5. The predicted octanol–water partition coefficient (Wildman–Crippen LogP) is 2.32. The minimum atomic E-state index is 0.545. The average Bonchev–Trinajstić information content (AvgIpc) is 3.43. The summed E-state index contributed by atoms with van der Waals surface area (Å²) >= 11 is 0. The fourth-order valence-electron chi connectivity index (χ4n) is 3.26. The van der Waals surface area contributed by atoms with Crippen LogP contribution in [0.25, 0.3) is 0 Å². The fraction of sp³-hybridized carbons (Fsp3) is 0.714. The first kappa shape index (κ1) is 20.9. The molecule has 3 rings (SSSR count). The van der Waals surface area contributed by atoms with E-state index in [2.05, 4.69) is 22.1 Å². The molecule has 1 saturated heterocycles. The van der Waals surface area contributed by atoms with Gasteiger partial charge in [-0.2, -0.15) is 0 Å². The van der Waals surface area contributed by atoms with Crippen molar-refractivity contribution in [1.82, 2.24) is 15.2 Å². The Hall–Kier alpha value is -1.86. The second kappa shape index (κ2) is 11.2. The maximum atomic E-state index is 5.79. The molecule has 2 heterocycles. The number of rotatable bonds is 11. The van der Waals surface area contributed by atoms with Crippen LogP contribution in [0.15, 0.2) is 23.3 Å². The monoisotopic (exact) mass is 390 g/mol. The van der Waals surface area contributed by atoms with Crippen molar-refractivity contribution < 1.29 is 14.2 Å². The van der Waals surface area contributed by atoms with Gasteiger partial charge in [0, 0.05) is 44.9 Å². The Bertz CT molecular complexity index is 621. The zero-order valence-corrected chi connectivity index (χ0v) is 17.2. The number of nitrogens with one attached hydrogen (secondary N) is 1. The molecule has 0 aromatic carbocycles. The number of ether oxygens (including phenoxy) is 3. The van der Waals surface area contributed by atoms with E-state index in [9.17, 15) is 0 Å². The van der Waals surface area contributed by atoms with Crippen molar-refractivity contribution in [3.05, 3.63) is 23.9 Å². The van der Waals surface area contributed by atoms with E-state index < -0.39 is 0 Å². The molecule has 2 fully saturated rings. The van der Waals surface area contributed by atoms with E-state index in [1.807, 2.05) is 18.3 Å². The van der Waals surface area contributed by atoms with Crippen molar-refractivity contribution in [3.63, 3.8) is 0 Å². The van der Waals surface area contributed by atoms with Gasteiger partial charge >= 0.3 is 0 Å². The Morgan fingerprint density at radius 3 is 2.93 bits per heavy atom. The van der Waals surface area contributed by atoms with E-state index >= 15 is 0 Å². The van der Waals surface area contributed by atoms with Crippen LogP contribution in [0.2, 0.25) is 0 Å². The number of methoxy groups -OCH3 is 1. The molecular weight excluding hydrogens is 356 g/mol. The largest absolute Gasteiger partial charge is 0.477 e. The quantitative estimate of drug-likeness (QED) is 0.355. The number of nitrogens with zero attached hydrogens (tertiary/aromatic N) is 3. The predicted molar refractivity (Wildman–Crippen MR) is 110 cm³/mol. The third-order valence-electron chi connectivity index (χ3n) is 5.08. The van der Waals surface area contributed by atoms with Gasteiger partial charge in [0.25, 0.3) is 0 Å². The van der Waals surface area contributed by atoms with Gasteiger partial charge in [0.15, 0.2) is 5.96 Å². The van der Waals surface area contributed by atoms with Crippen molar-refractivity contribution in [2.45, 2.75) is 32.7 Å². The summed E-state index contributed by atoms with van der Waals surface area (Å²) in [5.74, 6) is 2.95. The molecule has 1 N–H and O–H groups in total. The average molecular weight is 391 g/mol. The number of aromatic nitrogens is 1. The van der Waals surface area contributed by atoms with Gasteiger partial charge in [-0.1, -0.05) is 0 Å². The Labute approximate surface area is 168 Å². The summed E-state index contributed by atoms with van der Waals surface area (Å²) < 4.78 is 16.5. The third kappa shape index (κ3) is 6.95. The Balaban J connectivity index is 1.50. The van der Waals surface area contributed by atoms with Crippen LogP contribution in [-0.2, 0) is 16.0 Å². The first-order chi connectivity index (χ1) is 13.8. The van der Waals surface area contributed by atoms with Crippen LogP contribution < -0.4 is 10.1 Å². The molecule has 7 heteroatoms. The smallest absolute Gasteiger partial charge is 0.213 e. The lowest BCUT2D eigenvalue weighted by atomic mass is 10.1. The van der Waals surface area contributed by atoms with Crippen LogP contribution in [0.1, 0.15) is 31.7 Å². The zero-order valence-electron chi connectivity index (χ0n) is 17.2. The molecule has 7 nitrogen and oxygen atoms in total. The summed E-state index contributed by atoms with van der Waals surface area (Å²) in [5.41, 5.74) is 1.12. The Kier molecular flexibility index (Phi) is 8.36. The van der Waals surface area contributed by atoms with Crippen molar-refractivity contribution in [3.8, 4) is 5.88 Å². The van der Waals surface area contributed by atoms with Gasteiger partial charge in [0.05, 0.1) is 33.0 Å². The third-order valence-corrected chi connectivity index (χ3v) is 5.08.